The number of fused-ring (bicyclic) bond motifs is 1. The Morgan fingerprint density at radius 3 is 2.83 bits per heavy atom. The number of halogens is 2. The fourth-order valence-electron chi connectivity index (χ4n) is 5.00. The average molecular weight is 565 g/mol. The Balaban J connectivity index is 1.30. The minimum atomic E-state index is -3.09. The number of aryl methyl sites for hydroxylation is 1. The van der Waals surface area contributed by atoms with Gasteiger partial charge in [-0.2, -0.15) is 24.1 Å². The molecule has 0 bridgehead atoms. The molecule has 1 aliphatic rings. The number of nitrogens with zero attached hydrogens (tertiary/aromatic N) is 7. The van der Waals surface area contributed by atoms with E-state index in [-0.39, 0.29) is 34.3 Å². The molecular weight excluding hydrogens is 538 g/mol. The lowest BCUT2D eigenvalue weighted by Gasteiger charge is -2.27. The molecule has 1 fully saturated rings. The second kappa shape index (κ2) is 11.0. The standard InChI is InChI=1S/C27H26F2N8O4/c1-35-15-20(33-26(39)19-13-32-36-10-4-9-30-25(19)36)24(34-35)18-11-16(7-8-23(18)41-27(28)29)40-17-12-31-37(14-17)21-5-2-3-6-22(21)38/h4,7-15,21-22,27,38H,2-3,5-6H2,1H3,(H,33,39). The number of alkyl halides is 2. The third kappa shape index (κ3) is 5.45. The monoisotopic (exact) mass is 564 g/mol. The summed E-state index contributed by atoms with van der Waals surface area (Å²) in [7, 11) is 1.64. The van der Waals surface area contributed by atoms with Crippen LogP contribution in [-0.2, 0) is 7.05 Å². The van der Waals surface area contributed by atoms with Gasteiger partial charge < -0.3 is 19.9 Å². The van der Waals surface area contributed by atoms with Crippen LogP contribution in [0, 0.1) is 0 Å². The number of anilines is 1. The first-order valence-corrected chi connectivity index (χ1v) is 13.0. The van der Waals surface area contributed by atoms with Crippen LogP contribution < -0.4 is 14.8 Å². The number of aliphatic hydroxyl groups excluding tert-OH is 1. The highest BCUT2D eigenvalue weighted by Gasteiger charge is 2.26. The fourth-order valence-corrected chi connectivity index (χ4v) is 5.00. The third-order valence-corrected chi connectivity index (χ3v) is 6.87. The number of hydrogen-bond acceptors (Lipinski definition) is 8. The number of aromatic nitrogens is 7. The molecule has 2 atom stereocenters. The zero-order chi connectivity index (χ0) is 28.5. The van der Waals surface area contributed by atoms with Crippen molar-refractivity contribution in [2.24, 2.45) is 7.05 Å². The third-order valence-electron chi connectivity index (χ3n) is 6.87. The van der Waals surface area contributed by atoms with E-state index in [9.17, 15) is 18.7 Å². The van der Waals surface area contributed by atoms with Crippen molar-refractivity contribution in [1.82, 2.24) is 34.2 Å². The summed E-state index contributed by atoms with van der Waals surface area (Å²) in [5.41, 5.74) is 1.19. The molecule has 0 aliphatic heterocycles. The molecule has 14 heteroatoms. The zero-order valence-corrected chi connectivity index (χ0v) is 21.9. The largest absolute Gasteiger partial charge is 0.454 e. The normalized spacial score (nSPS) is 17.2. The molecule has 1 amide bonds. The van der Waals surface area contributed by atoms with Gasteiger partial charge in [-0.15, -0.1) is 0 Å². The molecule has 0 saturated heterocycles. The molecule has 6 rings (SSSR count). The summed E-state index contributed by atoms with van der Waals surface area (Å²) in [4.78, 5) is 17.4. The Morgan fingerprint density at radius 1 is 1.15 bits per heavy atom. The van der Waals surface area contributed by atoms with Crippen LogP contribution in [0.2, 0.25) is 0 Å². The summed E-state index contributed by atoms with van der Waals surface area (Å²) in [6.45, 7) is -3.09. The predicted octanol–water partition coefficient (Wildman–Crippen LogP) is 4.45. The molecular formula is C27H26F2N8O4. The van der Waals surface area contributed by atoms with Crippen LogP contribution in [0.1, 0.15) is 42.1 Å². The highest BCUT2D eigenvalue weighted by molar-refractivity contribution is 6.09. The van der Waals surface area contributed by atoms with E-state index in [1.54, 1.807) is 42.6 Å². The topological polar surface area (TPSA) is 134 Å². The first kappa shape index (κ1) is 26.4. The maximum absolute atomic E-state index is 13.3. The highest BCUT2D eigenvalue weighted by atomic mass is 19.3. The predicted molar refractivity (Wildman–Crippen MR) is 142 cm³/mol. The fraction of sp³-hybridized carbons (Fsp3) is 0.296. The molecule has 12 nitrogen and oxygen atoms in total. The van der Waals surface area contributed by atoms with Crippen LogP contribution in [0.15, 0.2) is 61.4 Å². The SMILES string of the molecule is Cn1cc(NC(=O)c2cnn3cccnc23)c(-c2cc(Oc3cnn(C4CCCCC4O)c3)ccc2OC(F)F)n1. The Hall–Kier alpha value is -4.85. The van der Waals surface area contributed by atoms with Gasteiger partial charge in [0.05, 0.1) is 42.0 Å². The number of carbonyl (C=O) groups excluding carboxylic acids is 1. The minimum Gasteiger partial charge on any atom is -0.454 e. The summed E-state index contributed by atoms with van der Waals surface area (Å²) in [5.74, 6) is 0.0562. The van der Waals surface area contributed by atoms with Crippen molar-refractivity contribution in [1.29, 1.82) is 0 Å². The van der Waals surface area contributed by atoms with Gasteiger partial charge >= 0.3 is 6.61 Å². The Morgan fingerprint density at radius 2 is 2.00 bits per heavy atom. The molecule has 2 N–H and O–H groups in total. The number of amides is 1. The van der Waals surface area contributed by atoms with Crippen LogP contribution in [0.25, 0.3) is 16.9 Å². The summed E-state index contributed by atoms with van der Waals surface area (Å²) >= 11 is 0. The van der Waals surface area contributed by atoms with E-state index in [1.807, 2.05) is 0 Å². The number of rotatable bonds is 8. The van der Waals surface area contributed by atoms with Crippen LogP contribution >= 0.6 is 0 Å². The lowest BCUT2D eigenvalue weighted by molar-refractivity contribution is -0.0494. The van der Waals surface area contributed by atoms with Gasteiger partial charge in [-0.3, -0.25) is 14.2 Å². The Bertz CT molecular complexity index is 1700. The number of ether oxygens (including phenoxy) is 2. The van der Waals surface area contributed by atoms with E-state index in [4.69, 9.17) is 9.47 Å². The van der Waals surface area contributed by atoms with Crippen LogP contribution in [0.5, 0.6) is 17.2 Å². The second-order valence-electron chi connectivity index (χ2n) is 9.68. The quantitative estimate of drug-likeness (QED) is 0.283. The van der Waals surface area contributed by atoms with Crippen molar-refractivity contribution in [3.63, 3.8) is 0 Å². The molecule has 1 saturated carbocycles. The lowest BCUT2D eigenvalue weighted by Crippen LogP contribution is -2.27. The van der Waals surface area contributed by atoms with E-state index in [0.717, 1.165) is 19.3 Å². The summed E-state index contributed by atoms with van der Waals surface area (Å²) in [5, 5.41) is 26.0. The van der Waals surface area contributed by atoms with Crippen molar-refractivity contribution in [2.45, 2.75) is 44.4 Å². The van der Waals surface area contributed by atoms with Crippen LogP contribution in [-0.4, -0.2) is 57.9 Å². The van der Waals surface area contributed by atoms with Gasteiger partial charge in [0.1, 0.15) is 22.8 Å². The van der Waals surface area contributed by atoms with E-state index in [1.165, 1.54) is 39.8 Å². The van der Waals surface area contributed by atoms with Crippen molar-refractivity contribution in [3.8, 4) is 28.5 Å². The number of nitrogens with one attached hydrogen (secondary N) is 1. The Kier molecular flexibility index (Phi) is 7.05. The van der Waals surface area contributed by atoms with Gasteiger partial charge in [-0.25, -0.2) is 9.50 Å². The lowest BCUT2D eigenvalue weighted by atomic mass is 9.93. The van der Waals surface area contributed by atoms with Gasteiger partial charge in [0, 0.05) is 25.6 Å². The van der Waals surface area contributed by atoms with Crippen molar-refractivity contribution in [2.75, 3.05) is 5.32 Å². The van der Waals surface area contributed by atoms with E-state index < -0.39 is 18.6 Å². The van der Waals surface area contributed by atoms with Crippen LogP contribution in [0.3, 0.4) is 0 Å². The molecule has 0 spiro atoms. The first-order valence-electron chi connectivity index (χ1n) is 13.0. The molecule has 4 heterocycles. The molecule has 2 unspecified atom stereocenters. The molecule has 0 radical (unpaired) electrons. The molecule has 41 heavy (non-hydrogen) atoms. The van der Waals surface area contributed by atoms with Crippen molar-refractivity contribution < 1.29 is 28.2 Å². The smallest absolute Gasteiger partial charge is 0.387 e. The zero-order valence-electron chi connectivity index (χ0n) is 21.9. The van der Waals surface area contributed by atoms with Gasteiger partial charge in [0.25, 0.3) is 5.91 Å². The van der Waals surface area contributed by atoms with Gasteiger partial charge in [0.15, 0.2) is 11.4 Å². The maximum Gasteiger partial charge on any atom is 0.387 e. The molecule has 5 aromatic rings. The molecule has 212 valence electrons. The number of carbonyl (C=O) groups is 1. The van der Waals surface area contributed by atoms with E-state index in [2.05, 4.69) is 25.6 Å². The van der Waals surface area contributed by atoms with Crippen LogP contribution in [0.4, 0.5) is 14.5 Å². The number of hydrogen-bond donors (Lipinski definition) is 2. The van der Waals surface area contributed by atoms with Crippen molar-refractivity contribution >= 4 is 17.2 Å². The van der Waals surface area contributed by atoms with E-state index in [0.29, 0.717) is 23.6 Å². The van der Waals surface area contributed by atoms with Gasteiger partial charge in [-0.1, -0.05) is 12.8 Å². The number of aliphatic hydroxyl groups is 1. The molecule has 4 aromatic heterocycles. The number of benzene rings is 1. The Labute approximate surface area is 232 Å². The molecule has 1 aliphatic carbocycles. The minimum absolute atomic E-state index is 0.137. The summed E-state index contributed by atoms with van der Waals surface area (Å²) < 4.78 is 42.0. The highest BCUT2D eigenvalue weighted by Crippen LogP contribution is 2.39. The average Bonchev–Trinajstić information content (AvgIpc) is 3.68. The first-order chi connectivity index (χ1) is 19.9. The maximum atomic E-state index is 13.3. The van der Waals surface area contributed by atoms with E-state index >= 15 is 0 Å². The summed E-state index contributed by atoms with van der Waals surface area (Å²) in [6, 6.07) is 5.88. The molecule has 1 aromatic carbocycles. The van der Waals surface area contributed by atoms with Crippen molar-refractivity contribution in [3.05, 3.63) is 67.0 Å². The second-order valence-corrected chi connectivity index (χ2v) is 9.68. The van der Waals surface area contributed by atoms with Gasteiger partial charge in [-0.05, 0) is 37.1 Å². The van der Waals surface area contributed by atoms with Gasteiger partial charge in [0.2, 0.25) is 0 Å². The summed E-state index contributed by atoms with van der Waals surface area (Å²) in [6.07, 6.45) is 12.4.